The first-order valence-electron chi connectivity index (χ1n) is 13.2. The Balaban J connectivity index is 1.93. The lowest BCUT2D eigenvalue weighted by molar-refractivity contribution is 0.0559. The quantitative estimate of drug-likeness (QED) is 0.321. The first kappa shape index (κ1) is 27.7. The molecule has 3 rings (SSSR count). The van der Waals surface area contributed by atoms with Gasteiger partial charge in [-0.25, -0.2) is 4.79 Å². The van der Waals surface area contributed by atoms with E-state index in [1.807, 2.05) is 12.1 Å². The zero-order valence-corrected chi connectivity index (χ0v) is 23.0. The second-order valence-electron chi connectivity index (χ2n) is 11.3. The van der Waals surface area contributed by atoms with Gasteiger partial charge < -0.3 is 10.2 Å². The van der Waals surface area contributed by atoms with E-state index in [0.29, 0.717) is 5.56 Å². The van der Waals surface area contributed by atoms with E-state index in [4.69, 9.17) is 0 Å². The van der Waals surface area contributed by atoms with Gasteiger partial charge in [-0.2, -0.15) is 0 Å². The lowest BCUT2D eigenvalue weighted by Crippen LogP contribution is -2.27. The van der Waals surface area contributed by atoms with E-state index in [-0.39, 0.29) is 16.9 Å². The molecule has 1 atom stereocenters. The molecule has 0 bridgehead atoms. The van der Waals surface area contributed by atoms with Gasteiger partial charge in [0.25, 0.3) is 0 Å². The summed E-state index contributed by atoms with van der Waals surface area (Å²) in [6.45, 7) is 15.1. The van der Waals surface area contributed by atoms with Crippen LogP contribution in [0, 0.1) is 19.3 Å². The van der Waals surface area contributed by atoms with Gasteiger partial charge in [-0.3, -0.25) is 0 Å². The van der Waals surface area contributed by atoms with E-state index in [9.17, 15) is 15.0 Å². The predicted molar refractivity (Wildman–Crippen MR) is 150 cm³/mol. The van der Waals surface area contributed by atoms with Crippen LogP contribution in [-0.4, -0.2) is 22.3 Å². The van der Waals surface area contributed by atoms with Gasteiger partial charge in [0.05, 0.1) is 11.7 Å². The van der Waals surface area contributed by atoms with Crippen LogP contribution >= 0.6 is 0 Å². The van der Waals surface area contributed by atoms with E-state index < -0.39 is 5.97 Å². The molecular formula is C33H42O3. The molecule has 0 heterocycles. The minimum atomic E-state index is -0.906. The van der Waals surface area contributed by atoms with Crippen molar-refractivity contribution in [3.05, 3.63) is 94.0 Å². The van der Waals surface area contributed by atoms with E-state index >= 15 is 0 Å². The number of aliphatic hydroxyl groups is 1. The van der Waals surface area contributed by atoms with Gasteiger partial charge in [0.15, 0.2) is 0 Å². The topological polar surface area (TPSA) is 57.5 Å². The van der Waals surface area contributed by atoms with Gasteiger partial charge in [0, 0.05) is 5.41 Å². The number of aromatic carboxylic acids is 1. The molecule has 1 unspecified atom stereocenters. The van der Waals surface area contributed by atoms with E-state index in [1.165, 1.54) is 27.8 Å². The van der Waals surface area contributed by atoms with Crippen molar-refractivity contribution in [2.24, 2.45) is 5.41 Å². The minimum absolute atomic E-state index is 0.0787. The smallest absolute Gasteiger partial charge is 0.335 e. The summed E-state index contributed by atoms with van der Waals surface area (Å²) in [6, 6.07) is 20.7. The van der Waals surface area contributed by atoms with Crippen LogP contribution < -0.4 is 0 Å². The van der Waals surface area contributed by atoms with E-state index in [2.05, 4.69) is 84.9 Å². The summed E-state index contributed by atoms with van der Waals surface area (Å²) in [6.07, 6.45) is 3.33. The van der Waals surface area contributed by atoms with Crippen molar-refractivity contribution in [2.75, 3.05) is 0 Å². The highest BCUT2D eigenvalue weighted by atomic mass is 16.4. The third-order valence-corrected chi connectivity index (χ3v) is 8.01. The van der Waals surface area contributed by atoms with Crippen LogP contribution in [0.1, 0.15) is 92.1 Å². The molecule has 0 fully saturated rings. The molecule has 0 amide bonds. The lowest BCUT2D eigenvalue weighted by Gasteiger charge is -2.34. The summed E-state index contributed by atoms with van der Waals surface area (Å²) in [5.41, 5.74) is 8.70. The second kappa shape index (κ2) is 11.0. The fourth-order valence-electron chi connectivity index (χ4n) is 5.31. The molecule has 192 valence electrons. The monoisotopic (exact) mass is 486 g/mol. The molecule has 0 radical (unpaired) electrons. The fraction of sp³-hybridized carbons (Fsp3) is 0.424. The number of aryl methyl sites for hydroxylation is 3. The van der Waals surface area contributed by atoms with Crippen LogP contribution in [0.5, 0.6) is 0 Å². The minimum Gasteiger partial charge on any atom is -0.478 e. The fourth-order valence-corrected chi connectivity index (χ4v) is 5.31. The van der Waals surface area contributed by atoms with Crippen LogP contribution in [0.2, 0.25) is 0 Å². The number of carboxylic acids is 1. The third kappa shape index (κ3) is 5.73. The zero-order chi connectivity index (χ0) is 26.7. The molecule has 0 saturated heterocycles. The molecule has 0 aliphatic carbocycles. The van der Waals surface area contributed by atoms with Crippen molar-refractivity contribution < 1.29 is 15.0 Å². The van der Waals surface area contributed by atoms with Gasteiger partial charge in [0.1, 0.15) is 0 Å². The molecule has 3 aromatic rings. The van der Waals surface area contributed by atoms with Gasteiger partial charge in [-0.05, 0) is 96.0 Å². The molecule has 3 nitrogen and oxygen atoms in total. The summed E-state index contributed by atoms with van der Waals surface area (Å²) in [5, 5.41) is 19.7. The Kier molecular flexibility index (Phi) is 8.46. The Morgan fingerprint density at radius 2 is 1.39 bits per heavy atom. The van der Waals surface area contributed by atoms with Crippen LogP contribution in [0.3, 0.4) is 0 Å². The van der Waals surface area contributed by atoms with Crippen LogP contribution in [0.15, 0.2) is 60.7 Å². The Morgan fingerprint density at radius 3 is 1.86 bits per heavy atom. The highest BCUT2D eigenvalue weighted by molar-refractivity contribution is 5.88. The van der Waals surface area contributed by atoms with Crippen LogP contribution in [0.4, 0.5) is 0 Å². The normalized spacial score (nSPS) is 13.0. The highest BCUT2D eigenvalue weighted by Gasteiger charge is 2.31. The van der Waals surface area contributed by atoms with Gasteiger partial charge >= 0.3 is 5.97 Å². The van der Waals surface area contributed by atoms with Crippen LogP contribution in [-0.2, 0) is 11.8 Å². The van der Waals surface area contributed by atoms with Crippen molar-refractivity contribution in [3.63, 3.8) is 0 Å². The zero-order valence-electron chi connectivity index (χ0n) is 23.0. The molecule has 0 spiro atoms. The number of hydrogen-bond acceptors (Lipinski definition) is 2. The number of carbonyl (C=O) groups is 1. The molecule has 0 aliphatic rings. The summed E-state index contributed by atoms with van der Waals surface area (Å²) in [4.78, 5) is 11.2. The molecule has 3 heteroatoms. The van der Waals surface area contributed by atoms with Crippen LogP contribution in [0.25, 0.3) is 11.1 Å². The Hall–Kier alpha value is -2.91. The summed E-state index contributed by atoms with van der Waals surface area (Å²) in [7, 11) is 0. The average Bonchev–Trinajstić information content (AvgIpc) is 2.84. The second-order valence-corrected chi connectivity index (χ2v) is 11.3. The number of rotatable bonds is 9. The van der Waals surface area contributed by atoms with Crippen molar-refractivity contribution in [2.45, 2.75) is 85.7 Å². The van der Waals surface area contributed by atoms with E-state index in [0.717, 1.165) is 36.8 Å². The Labute approximate surface area is 217 Å². The molecule has 36 heavy (non-hydrogen) atoms. The summed E-state index contributed by atoms with van der Waals surface area (Å²) >= 11 is 0. The standard InChI is InChI=1S/C33H42O3/c1-8-33(9-2,27-16-14-24(22(3)20-27)15-19-30(34)32(5,6)7)28-17-18-29(23(4)21-28)25-10-12-26(13-11-25)31(35)36/h10-14,16-18,20-21,30,34H,8-9,15,19H2,1-7H3,(H,35,36). The molecular weight excluding hydrogens is 444 g/mol. The Morgan fingerprint density at radius 1 is 0.833 bits per heavy atom. The SMILES string of the molecule is CCC(CC)(c1ccc(CCC(O)C(C)(C)C)c(C)c1)c1ccc(-c2ccc(C(=O)O)cc2)c(C)c1. The lowest BCUT2D eigenvalue weighted by atomic mass is 9.69. The molecule has 2 N–H and O–H groups in total. The van der Waals surface area contributed by atoms with Crippen molar-refractivity contribution >= 4 is 5.97 Å². The number of carboxylic acid groups (broad SMARTS) is 1. The molecule has 0 aliphatic heterocycles. The first-order valence-corrected chi connectivity index (χ1v) is 13.2. The summed E-state index contributed by atoms with van der Waals surface area (Å²) in [5.74, 6) is -0.906. The number of hydrogen-bond donors (Lipinski definition) is 2. The third-order valence-electron chi connectivity index (χ3n) is 8.01. The molecule has 0 saturated carbocycles. The predicted octanol–water partition coefficient (Wildman–Crippen LogP) is 8.11. The largest absolute Gasteiger partial charge is 0.478 e. The van der Waals surface area contributed by atoms with Gasteiger partial charge in [-0.15, -0.1) is 0 Å². The van der Waals surface area contributed by atoms with Gasteiger partial charge in [0.2, 0.25) is 0 Å². The number of benzene rings is 3. The van der Waals surface area contributed by atoms with E-state index in [1.54, 1.807) is 12.1 Å². The molecule has 0 aromatic heterocycles. The van der Waals surface area contributed by atoms with Crippen molar-refractivity contribution in [1.29, 1.82) is 0 Å². The maximum Gasteiger partial charge on any atom is 0.335 e. The molecule has 3 aromatic carbocycles. The maximum absolute atomic E-state index is 11.2. The first-order chi connectivity index (χ1) is 16.9. The summed E-state index contributed by atoms with van der Waals surface area (Å²) < 4.78 is 0. The van der Waals surface area contributed by atoms with Crippen molar-refractivity contribution in [3.8, 4) is 11.1 Å². The number of aliphatic hydroxyl groups excluding tert-OH is 1. The van der Waals surface area contributed by atoms with Gasteiger partial charge in [-0.1, -0.05) is 83.1 Å². The Bertz CT molecular complexity index is 1190. The van der Waals surface area contributed by atoms with Crippen molar-refractivity contribution in [1.82, 2.24) is 0 Å². The highest BCUT2D eigenvalue weighted by Crippen LogP contribution is 2.41. The average molecular weight is 487 g/mol. The maximum atomic E-state index is 11.2.